The van der Waals surface area contributed by atoms with E-state index in [9.17, 15) is 9.59 Å². The molecule has 4 heteroatoms. The summed E-state index contributed by atoms with van der Waals surface area (Å²) in [5, 5.41) is 12.0. The zero-order valence-corrected chi connectivity index (χ0v) is 11.7. The Labute approximate surface area is 109 Å². The predicted octanol–water partition coefficient (Wildman–Crippen LogP) is 2.57. The van der Waals surface area contributed by atoms with E-state index in [1.54, 1.807) is 0 Å². The first kappa shape index (κ1) is 15.0. The third kappa shape index (κ3) is 3.47. The van der Waals surface area contributed by atoms with Gasteiger partial charge >= 0.3 is 5.97 Å². The van der Waals surface area contributed by atoms with Crippen molar-refractivity contribution in [2.45, 2.75) is 65.3 Å². The van der Waals surface area contributed by atoms with Crippen LogP contribution in [0, 0.1) is 11.3 Å². The molecule has 1 amide bonds. The van der Waals surface area contributed by atoms with E-state index in [0.717, 1.165) is 25.7 Å². The molecule has 0 aromatic heterocycles. The van der Waals surface area contributed by atoms with Crippen LogP contribution in [0.3, 0.4) is 0 Å². The van der Waals surface area contributed by atoms with Gasteiger partial charge in [-0.1, -0.05) is 33.1 Å². The summed E-state index contributed by atoms with van der Waals surface area (Å²) in [4.78, 5) is 23.2. The second kappa shape index (κ2) is 6.21. The van der Waals surface area contributed by atoms with Crippen LogP contribution in [0.25, 0.3) is 0 Å². The number of nitrogens with one attached hydrogen (secondary N) is 1. The van der Waals surface area contributed by atoms with Crippen molar-refractivity contribution >= 4 is 11.9 Å². The SMILES string of the molecule is CC(C)CCCC(C)NC(=O)C1(C(=O)O)CCC1. The van der Waals surface area contributed by atoms with Gasteiger partial charge in [-0.2, -0.15) is 0 Å². The standard InChI is InChI=1S/C14H25NO3/c1-10(2)6-4-7-11(3)15-12(16)14(13(17)18)8-5-9-14/h10-11H,4-9H2,1-3H3,(H,15,16)(H,17,18). The molecule has 1 saturated carbocycles. The number of rotatable bonds is 7. The molecule has 0 aromatic rings. The quantitative estimate of drug-likeness (QED) is 0.687. The van der Waals surface area contributed by atoms with E-state index in [1.807, 2.05) is 6.92 Å². The van der Waals surface area contributed by atoms with Gasteiger partial charge in [-0.25, -0.2) is 0 Å². The first-order chi connectivity index (χ1) is 8.38. The van der Waals surface area contributed by atoms with Gasteiger partial charge < -0.3 is 10.4 Å². The molecule has 0 bridgehead atoms. The normalized spacial score (nSPS) is 19.1. The van der Waals surface area contributed by atoms with Crippen molar-refractivity contribution in [1.29, 1.82) is 0 Å². The summed E-state index contributed by atoms with van der Waals surface area (Å²) in [6.45, 7) is 6.31. The summed E-state index contributed by atoms with van der Waals surface area (Å²) in [7, 11) is 0. The maximum atomic E-state index is 12.0. The van der Waals surface area contributed by atoms with E-state index >= 15 is 0 Å². The number of hydrogen-bond donors (Lipinski definition) is 2. The van der Waals surface area contributed by atoms with Gasteiger partial charge in [0.15, 0.2) is 0 Å². The van der Waals surface area contributed by atoms with Gasteiger partial charge in [0.1, 0.15) is 5.41 Å². The molecule has 1 fully saturated rings. The molecule has 1 rings (SSSR count). The van der Waals surface area contributed by atoms with Crippen molar-refractivity contribution in [2.24, 2.45) is 11.3 Å². The fourth-order valence-electron chi connectivity index (χ4n) is 2.33. The second-order valence-electron chi connectivity index (χ2n) is 5.94. The molecular formula is C14H25NO3. The average Bonchev–Trinajstić information content (AvgIpc) is 2.13. The molecular weight excluding hydrogens is 230 g/mol. The molecule has 0 saturated heterocycles. The maximum Gasteiger partial charge on any atom is 0.319 e. The molecule has 104 valence electrons. The smallest absolute Gasteiger partial charge is 0.319 e. The number of hydrogen-bond acceptors (Lipinski definition) is 2. The molecule has 0 radical (unpaired) electrons. The van der Waals surface area contributed by atoms with E-state index in [2.05, 4.69) is 19.2 Å². The largest absolute Gasteiger partial charge is 0.480 e. The van der Waals surface area contributed by atoms with E-state index in [0.29, 0.717) is 18.8 Å². The molecule has 0 aromatic carbocycles. The van der Waals surface area contributed by atoms with E-state index in [4.69, 9.17) is 5.11 Å². The highest BCUT2D eigenvalue weighted by Crippen LogP contribution is 2.41. The summed E-state index contributed by atoms with van der Waals surface area (Å²) in [5.41, 5.74) is -1.13. The van der Waals surface area contributed by atoms with Crippen LogP contribution in [0.4, 0.5) is 0 Å². The lowest BCUT2D eigenvalue weighted by atomic mass is 9.68. The van der Waals surface area contributed by atoms with E-state index in [-0.39, 0.29) is 11.9 Å². The van der Waals surface area contributed by atoms with Gasteiger partial charge in [-0.15, -0.1) is 0 Å². The number of carbonyl (C=O) groups is 2. The van der Waals surface area contributed by atoms with Gasteiger partial charge in [-0.3, -0.25) is 9.59 Å². The van der Waals surface area contributed by atoms with Crippen LogP contribution in [-0.2, 0) is 9.59 Å². The molecule has 1 unspecified atom stereocenters. The third-order valence-electron chi connectivity index (χ3n) is 3.85. The minimum atomic E-state index is -1.13. The lowest BCUT2D eigenvalue weighted by molar-refractivity contribution is -0.162. The lowest BCUT2D eigenvalue weighted by Crippen LogP contribution is -2.53. The van der Waals surface area contributed by atoms with Crippen LogP contribution in [0.1, 0.15) is 59.3 Å². The Morgan fingerprint density at radius 1 is 1.22 bits per heavy atom. The Kier molecular flexibility index (Phi) is 5.17. The molecule has 1 aliphatic carbocycles. The first-order valence-corrected chi connectivity index (χ1v) is 6.93. The Morgan fingerprint density at radius 2 is 1.83 bits per heavy atom. The maximum absolute atomic E-state index is 12.0. The van der Waals surface area contributed by atoms with Crippen LogP contribution < -0.4 is 5.32 Å². The minimum absolute atomic E-state index is 0.0630. The summed E-state index contributed by atoms with van der Waals surface area (Å²) in [6, 6.07) is 0.0630. The van der Waals surface area contributed by atoms with E-state index in [1.165, 1.54) is 0 Å². The Hall–Kier alpha value is -1.06. The molecule has 1 atom stereocenters. The number of aliphatic carboxylic acids is 1. The van der Waals surface area contributed by atoms with Gasteiger partial charge in [-0.05, 0) is 32.1 Å². The highest BCUT2D eigenvalue weighted by molar-refractivity contribution is 6.02. The monoisotopic (exact) mass is 255 g/mol. The average molecular weight is 255 g/mol. The molecule has 4 nitrogen and oxygen atoms in total. The number of carboxylic acid groups (broad SMARTS) is 1. The Balaban J connectivity index is 2.37. The Morgan fingerprint density at radius 3 is 2.22 bits per heavy atom. The summed E-state index contributed by atoms with van der Waals surface area (Å²) >= 11 is 0. The molecule has 0 heterocycles. The minimum Gasteiger partial charge on any atom is -0.480 e. The summed E-state index contributed by atoms with van der Waals surface area (Å²) in [6.07, 6.45) is 4.92. The number of amides is 1. The van der Waals surface area contributed by atoms with Crippen LogP contribution in [-0.4, -0.2) is 23.0 Å². The molecule has 0 spiro atoms. The highest BCUT2D eigenvalue weighted by Gasteiger charge is 2.51. The highest BCUT2D eigenvalue weighted by atomic mass is 16.4. The number of carbonyl (C=O) groups excluding carboxylic acids is 1. The fourth-order valence-corrected chi connectivity index (χ4v) is 2.33. The molecule has 1 aliphatic rings. The first-order valence-electron chi connectivity index (χ1n) is 6.93. The lowest BCUT2D eigenvalue weighted by Gasteiger charge is -2.36. The van der Waals surface area contributed by atoms with Gasteiger partial charge in [0.25, 0.3) is 0 Å². The van der Waals surface area contributed by atoms with Crippen molar-refractivity contribution in [2.75, 3.05) is 0 Å². The van der Waals surface area contributed by atoms with Gasteiger partial charge in [0.05, 0.1) is 0 Å². The van der Waals surface area contributed by atoms with Crippen molar-refractivity contribution < 1.29 is 14.7 Å². The molecule has 18 heavy (non-hydrogen) atoms. The van der Waals surface area contributed by atoms with Gasteiger partial charge in [0.2, 0.25) is 5.91 Å². The van der Waals surface area contributed by atoms with Crippen molar-refractivity contribution in [3.8, 4) is 0 Å². The molecule has 2 N–H and O–H groups in total. The van der Waals surface area contributed by atoms with Crippen molar-refractivity contribution in [1.82, 2.24) is 5.32 Å². The predicted molar refractivity (Wildman–Crippen MR) is 70.2 cm³/mol. The third-order valence-corrected chi connectivity index (χ3v) is 3.85. The molecule has 0 aliphatic heterocycles. The van der Waals surface area contributed by atoms with Crippen molar-refractivity contribution in [3.05, 3.63) is 0 Å². The van der Waals surface area contributed by atoms with Crippen LogP contribution in [0.15, 0.2) is 0 Å². The van der Waals surface area contributed by atoms with Crippen LogP contribution in [0.5, 0.6) is 0 Å². The van der Waals surface area contributed by atoms with Crippen LogP contribution in [0.2, 0.25) is 0 Å². The fraction of sp³-hybridized carbons (Fsp3) is 0.857. The Bertz CT molecular complexity index is 308. The summed E-state index contributed by atoms with van der Waals surface area (Å²) in [5.74, 6) is -0.594. The van der Waals surface area contributed by atoms with Gasteiger partial charge in [0, 0.05) is 6.04 Å². The zero-order valence-electron chi connectivity index (χ0n) is 11.7. The second-order valence-corrected chi connectivity index (χ2v) is 5.94. The zero-order chi connectivity index (χ0) is 13.8. The number of carboxylic acids is 1. The van der Waals surface area contributed by atoms with E-state index < -0.39 is 11.4 Å². The summed E-state index contributed by atoms with van der Waals surface area (Å²) < 4.78 is 0. The van der Waals surface area contributed by atoms with Crippen LogP contribution >= 0.6 is 0 Å². The van der Waals surface area contributed by atoms with Crippen molar-refractivity contribution in [3.63, 3.8) is 0 Å². The topological polar surface area (TPSA) is 66.4 Å².